The van der Waals surface area contributed by atoms with Crippen molar-refractivity contribution in [3.8, 4) is 5.75 Å². The molecule has 0 bridgehead atoms. The third-order valence-corrected chi connectivity index (χ3v) is 3.75. The van der Waals surface area contributed by atoms with Gasteiger partial charge in [-0.05, 0) is 57.2 Å². The number of carbonyl (C=O) groups excluding carboxylic acids is 1. The fourth-order valence-electron chi connectivity index (χ4n) is 1.62. The first-order valence-electron chi connectivity index (χ1n) is 6.61. The third kappa shape index (κ3) is 4.64. The number of carbonyl (C=O) groups is 1. The predicted octanol–water partition coefficient (Wildman–Crippen LogP) is 4.55. The molecule has 2 aromatic rings. The lowest BCUT2D eigenvalue weighted by atomic mass is 10.2. The third-order valence-electron chi connectivity index (χ3n) is 2.48. The normalized spacial score (nSPS) is 11.3. The van der Waals surface area contributed by atoms with E-state index < -0.39 is 11.6 Å². The summed E-state index contributed by atoms with van der Waals surface area (Å²) < 4.78 is 5.36. The number of aromatic nitrogens is 1. The van der Waals surface area contributed by atoms with Crippen LogP contribution in [0, 0.1) is 0 Å². The number of hydrogen-bond donors (Lipinski definition) is 1. The predicted molar refractivity (Wildman–Crippen MR) is 86.6 cm³/mol. The van der Waals surface area contributed by atoms with E-state index in [2.05, 4.69) is 4.98 Å². The zero-order chi connectivity index (χ0) is 16.3. The summed E-state index contributed by atoms with van der Waals surface area (Å²) in [4.78, 5) is 17.9. The maximum absolute atomic E-state index is 12.3. The summed E-state index contributed by atoms with van der Waals surface area (Å²) in [6.07, 6.45) is 0. The van der Waals surface area contributed by atoms with Crippen LogP contribution in [0.3, 0.4) is 0 Å². The fourth-order valence-corrected chi connectivity index (χ4v) is 2.65. The molecule has 1 N–H and O–H groups in total. The molecule has 6 heteroatoms. The van der Waals surface area contributed by atoms with Gasteiger partial charge in [0.1, 0.15) is 16.5 Å². The minimum absolute atomic E-state index is 0.181. The van der Waals surface area contributed by atoms with E-state index in [1.54, 1.807) is 57.2 Å². The molecule has 1 aromatic heterocycles. The van der Waals surface area contributed by atoms with Crippen LogP contribution in [0.4, 0.5) is 0 Å². The van der Waals surface area contributed by atoms with Crippen molar-refractivity contribution in [3.63, 3.8) is 0 Å². The van der Waals surface area contributed by atoms with E-state index >= 15 is 0 Å². The average Bonchev–Trinajstić information content (AvgIpc) is 2.41. The van der Waals surface area contributed by atoms with Crippen LogP contribution in [-0.4, -0.2) is 21.7 Å². The first-order chi connectivity index (χ1) is 10.2. The minimum Gasteiger partial charge on any atom is -0.508 e. The number of rotatable bonds is 3. The zero-order valence-electron chi connectivity index (χ0n) is 12.5. The molecule has 0 aliphatic carbocycles. The van der Waals surface area contributed by atoms with Gasteiger partial charge in [-0.15, -0.1) is 0 Å². The Kier molecular flexibility index (Phi) is 4.98. The van der Waals surface area contributed by atoms with Crippen LogP contribution in [0.5, 0.6) is 5.75 Å². The van der Waals surface area contributed by atoms with Crippen molar-refractivity contribution in [1.82, 2.24) is 4.98 Å². The van der Waals surface area contributed by atoms with E-state index in [0.29, 0.717) is 4.90 Å². The highest BCUT2D eigenvalue weighted by Gasteiger charge is 2.22. The molecule has 1 aromatic carbocycles. The van der Waals surface area contributed by atoms with Crippen LogP contribution >= 0.6 is 23.4 Å². The lowest BCUT2D eigenvalue weighted by molar-refractivity contribution is 0.00585. The van der Waals surface area contributed by atoms with Gasteiger partial charge in [0.15, 0.2) is 5.69 Å². The Labute approximate surface area is 138 Å². The SMILES string of the molecule is CC(C)(C)OC(=O)c1nc(Cl)ccc1Sc1ccc(O)cc1. The number of esters is 1. The summed E-state index contributed by atoms with van der Waals surface area (Å²) in [6.45, 7) is 5.38. The molecule has 1 heterocycles. The highest BCUT2D eigenvalue weighted by atomic mass is 35.5. The Morgan fingerprint density at radius 1 is 1.18 bits per heavy atom. The summed E-state index contributed by atoms with van der Waals surface area (Å²) in [7, 11) is 0. The second-order valence-corrected chi connectivity index (χ2v) is 7.08. The van der Waals surface area contributed by atoms with E-state index in [1.807, 2.05) is 0 Å². The number of halogens is 1. The second kappa shape index (κ2) is 6.58. The number of pyridine rings is 1. The first kappa shape index (κ1) is 16.6. The van der Waals surface area contributed by atoms with Gasteiger partial charge in [0.2, 0.25) is 0 Å². The van der Waals surface area contributed by atoms with Crippen LogP contribution < -0.4 is 0 Å². The Bertz CT molecular complexity index is 681. The van der Waals surface area contributed by atoms with Crippen molar-refractivity contribution in [2.24, 2.45) is 0 Å². The molecule has 0 unspecified atom stereocenters. The molecule has 0 saturated carbocycles. The van der Waals surface area contributed by atoms with Gasteiger partial charge in [-0.25, -0.2) is 9.78 Å². The molecule has 22 heavy (non-hydrogen) atoms. The molecular formula is C16H16ClNO3S. The molecule has 0 aliphatic heterocycles. The smallest absolute Gasteiger partial charge is 0.358 e. The molecule has 4 nitrogen and oxygen atoms in total. The number of phenolic OH excluding ortho intramolecular Hbond substituents is 1. The van der Waals surface area contributed by atoms with E-state index in [0.717, 1.165) is 4.90 Å². The molecule has 0 aliphatic rings. The van der Waals surface area contributed by atoms with Gasteiger partial charge >= 0.3 is 5.97 Å². The van der Waals surface area contributed by atoms with Crippen LogP contribution in [0.25, 0.3) is 0 Å². The maximum Gasteiger partial charge on any atom is 0.358 e. The summed E-state index contributed by atoms with van der Waals surface area (Å²) in [5, 5.41) is 9.55. The number of benzene rings is 1. The van der Waals surface area contributed by atoms with Crippen LogP contribution in [0.15, 0.2) is 46.2 Å². The Morgan fingerprint density at radius 2 is 1.82 bits per heavy atom. The van der Waals surface area contributed by atoms with Crippen molar-refractivity contribution in [1.29, 1.82) is 0 Å². The van der Waals surface area contributed by atoms with Gasteiger partial charge in [0.05, 0.1) is 0 Å². The quantitative estimate of drug-likeness (QED) is 0.657. The summed E-state index contributed by atoms with van der Waals surface area (Å²) in [6, 6.07) is 10.0. The number of nitrogens with zero attached hydrogens (tertiary/aromatic N) is 1. The lowest BCUT2D eigenvalue weighted by Crippen LogP contribution is -2.24. The number of ether oxygens (including phenoxy) is 1. The van der Waals surface area contributed by atoms with Gasteiger partial charge in [0, 0.05) is 9.79 Å². The van der Waals surface area contributed by atoms with Gasteiger partial charge in [0.25, 0.3) is 0 Å². The molecule has 0 atom stereocenters. The van der Waals surface area contributed by atoms with E-state index in [9.17, 15) is 9.90 Å². The molecule has 0 fully saturated rings. The average molecular weight is 338 g/mol. The van der Waals surface area contributed by atoms with Crippen LogP contribution in [0.2, 0.25) is 5.15 Å². The van der Waals surface area contributed by atoms with Gasteiger partial charge in [-0.3, -0.25) is 0 Å². The van der Waals surface area contributed by atoms with Crippen LogP contribution in [0.1, 0.15) is 31.3 Å². The summed E-state index contributed by atoms with van der Waals surface area (Å²) >= 11 is 7.25. The summed E-state index contributed by atoms with van der Waals surface area (Å²) in [5.41, 5.74) is -0.429. The largest absolute Gasteiger partial charge is 0.508 e. The van der Waals surface area contributed by atoms with Crippen LogP contribution in [-0.2, 0) is 4.74 Å². The summed E-state index contributed by atoms with van der Waals surface area (Å²) in [5.74, 6) is -0.331. The lowest BCUT2D eigenvalue weighted by Gasteiger charge is -2.20. The van der Waals surface area contributed by atoms with Crippen molar-refractivity contribution < 1.29 is 14.6 Å². The van der Waals surface area contributed by atoms with Crippen molar-refractivity contribution in [2.45, 2.75) is 36.2 Å². The highest BCUT2D eigenvalue weighted by molar-refractivity contribution is 7.99. The number of hydrogen-bond acceptors (Lipinski definition) is 5. The topological polar surface area (TPSA) is 59.4 Å². The molecule has 0 saturated heterocycles. The van der Waals surface area contributed by atoms with Crippen molar-refractivity contribution in [2.75, 3.05) is 0 Å². The molecule has 2 rings (SSSR count). The standard InChI is InChI=1S/C16H16ClNO3S/c1-16(2,3)21-15(20)14-12(8-9-13(17)18-14)22-11-6-4-10(19)5-7-11/h4-9,19H,1-3H3. The highest BCUT2D eigenvalue weighted by Crippen LogP contribution is 2.32. The Hall–Kier alpha value is -1.72. The van der Waals surface area contributed by atoms with Gasteiger partial charge < -0.3 is 9.84 Å². The monoisotopic (exact) mass is 337 g/mol. The van der Waals surface area contributed by atoms with Gasteiger partial charge in [-0.2, -0.15) is 0 Å². The molecule has 0 radical (unpaired) electrons. The second-order valence-electron chi connectivity index (χ2n) is 5.58. The number of phenols is 1. The maximum atomic E-state index is 12.3. The molecule has 116 valence electrons. The van der Waals surface area contributed by atoms with Gasteiger partial charge in [-0.1, -0.05) is 23.4 Å². The minimum atomic E-state index is -0.610. The molecule has 0 spiro atoms. The van der Waals surface area contributed by atoms with E-state index in [-0.39, 0.29) is 16.6 Å². The zero-order valence-corrected chi connectivity index (χ0v) is 14.0. The Balaban J connectivity index is 2.31. The molecule has 0 amide bonds. The molecular weight excluding hydrogens is 322 g/mol. The van der Waals surface area contributed by atoms with Crippen molar-refractivity contribution in [3.05, 3.63) is 47.2 Å². The van der Waals surface area contributed by atoms with E-state index in [1.165, 1.54) is 11.8 Å². The Morgan fingerprint density at radius 3 is 2.41 bits per heavy atom. The number of aromatic hydroxyl groups is 1. The first-order valence-corrected chi connectivity index (χ1v) is 7.81. The van der Waals surface area contributed by atoms with Crippen molar-refractivity contribution >= 4 is 29.3 Å². The fraction of sp³-hybridized carbons (Fsp3) is 0.250. The van der Waals surface area contributed by atoms with E-state index in [4.69, 9.17) is 16.3 Å².